The van der Waals surface area contributed by atoms with Crippen molar-refractivity contribution in [3.8, 4) is 11.3 Å². The number of carbonyl (C=O) groups is 1. The van der Waals surface area contributed by atoms with Crippen molar-refractivity contribution in [2.45, 2.75) is 120 Å². The number of aryl methyl sites for hydroxylation is 1. The van der Waals surface area contributed by atoms with Gasteiger partial charge in [-0.25, -0.2) is 0 Å². The zero-order valence-electron chi connectivity index (χ0n) is 34.9. The molecule has 3 aromatic carbocycles. The van der Waals surface area contributed by atoms with E-state index in [9.17, 15) is 23.1 Å². The number of aliphatic hydroxyl groups is 1. The minimum Gasteiger partial charge on any atom is -0.512 e. The van der Waals surface area contributed by atoms with Crippen LogP contribution in [0.2, 0.25) is 13.1 Å². The first-order valence-electron chi connectivity index (χ1n) is 19.7. The van der Waals surface area contributed by atoms with E-state index in [1.165, 1.54) is 56.2 Å². The van der Waals surface area contributed by atoms with Crippen LogP contribution in [0.25, 0.3) is 32.1 Å². The third-order valence-electron chi connectivity index (χ3n) is 11.3. The van der Waals surface area contributed by atoms with Crippen molar-refractivity contribution in [3.05, 3.63) is 101 Å². The number of aliphatic hydroxyl groups excluding tert-OH is 1. The summed E-state index contributed by atoms with van der Waals surface area (Å²) in [5.74, 6) is 0.917. The maximum Gasteiger partial charge on any atom is 0.394 e. The standard InChI is InChI=1S/C34H35F3NSSi.C13H24O2.Ir/c1-21(2)29-19-25(18-24-10-8-9-11-28(24)29)30-31-27(16-17-38-30)22(3)32(39-31)40(6,7)26-14-12-23(13-15-26)20-33(4,5)34(35,36)37;1-5-10(6-2)12(14)9-13(15)11(7-3)8-4;/h8-17,19,21H,20H2,1-7H3;9-11,14H,5-8H2,1-4H3;/q-1;;/b;12-9-;. The van der Waals surface area contributed by atoms with Crippen LogP contribution < -0.4 is 9.69 Å². The van der Waals surface area contributed by atoms with Gasteiger partial charge in [0.05, 0.1) is 11.2 Å². The molecule has 305 valence electrons. The van der Waals surface area contributed by atoms with Crippen LogP contribution in [0.3, 0.4) is 0 Å². The van der Waals surface area contributed by atoms with Crippen molar-refractivity contribution in [2.75, 3.05) is 0 Å². The van der Waals surface area contributed by atoms with E-state index in [1.807, 2.05) is 69.5 Å². The van der Waals surface area contributed by atoms with E-state index < -0.39 is 19.7 Å². The van der Waals surface area contributed by atoms with E-state index in [4.69, 9.17) is 4.98 Å². The molecule has 0 aliphatic rings. The number of carbonyl (C=O) groups excluding carboxylic acids is 1. The molecule has 0 bridgehead atoms. The number of rotatable bonds is 13. The summed E-state index contributed by atoms with van der Waals surface area (Å²) in [7, 11) is -2.14. The summed E-state index contributed by atoms with van der Waals surface area (Å²) < 4.78 is 42.9. The van der Waals surface area contributed by atoms with Gasteiger partial charge in [0.25, 0.3) is 0 Å². The van der Waals surface area contributed by atoms with Crippen LogP contribution in [0.5, 0.6) is 0 Å². The molecule has 0 saturated heterocycles. The van der Waals surface area contributed by atoms with Crippen molar-refractivity contribution >= 4 is 55.7 Å². The van der Waals surface area contributed by atoms with Gasteiger partial charge in [-0.2, -0.15) is 24.5 Å². The number of alkyl halides is 3. The first kappa shape index (κ1) is 47.3. The number of thiophene rings is 1. The molecule has 5 aromatic rings. The quantitative estimate of drug-likeness (QED) is 0.0553. The Labute approximate surface area is 351 Å². The maximum absolute atomic E-state index is 13.4. The molecular weight excluding hydrogens is 920 g/mol. The van der Waals surface area contributed by atoms with Gasteiger partial charge in [0.15, 0.2) is 5.78 Å². The molecule has 2 aromatic heterocycles. The zero-order chi connectivity index (χ0) is 40.9. The number of allylic oxidation sites excluding steroid dienone is 2. The molecule has 5 rings (SSSR count). The van der Waals surface area contributed by atoms with Crippen molar-refractivity contribution in [3.63, 3.8) is 0 Å². The van der Waals surface area contributed by atoms with Crippen molar-refractivity contribution in [1.82, 2.24) is 4.98 Å². The summed E-state index contributed by atoms with van der Waals surface area (Å²) in [6.07, 6.45) is 2.53. The Balaban J connectivity index is 0.000000448. The average molecular weight is 979 g/mol. The normalized spacial score (nSPS) is 12.7. The van der Waals surface area contributed by atoms with E-state index in [0.717, 1.165) is 42.3 Å². The summed E-state index contributed by atoms with van der Waals surface area (Å²) in [5, 5.41) is 14.5. The van der Waals surface area contributed by atoms with Gasteiger partial charge in [-0.1, -0.05) is 127 Å². The number of pyridine rings is 1. The Kier molecular flexibility index (Phi) is 16.5. The predicted molar refractivity (Wildman–Crippen MR) is 231 cm³/mol. The van der Waals surface area contributed by atoms with E-state index >= 15 is 0 Å². The van der Waals surface area contributed by atoms with E-state index in [1.54, 1.807) is 0 Å². The molecular formula is C47H59F3IrNO2SSi-. The van der Waals surface area contributed by atoms with Gasteiger partial charge >= 0.3 is 6.18 Å². The Morgan fingerprint density at radius 2 is 1.50 bits per heavy atom. The Bertz CT molecular complexity index is 2110. The monoisotopic (exact) mass is 979 g/mol. The SMILES string of the molecule is CCC(CC)C(=O)/C=C(\O)C(CC)CC.Cc1c([Si](C)(C)c2ccc(CC(C)(C)C(F)(F)F)cc2)sc2c(-c3[c-]c4ccccc4c(C(C)C)c3)nccc12.[Ir]. The molecule has 0 atom stereocenters. The number of nitrogens with zero attached hydrogens (tertiary/aromatic N) is 1. The van der Waals surface area contributed by atoms with E-state index in [0.29, 0.717) is 11.5 Å². The van der Waals surface area contributed by atoms with Crippen molar-refractivity contribution < 1.29 is 43.2 Å². The fourth-order valence-corrected chi connectivity index (χ4v) is 12.4. The molecule has 0 fully saturated rings. The van der Waals surface area contributed by atoms with Crippen LogP contribution >= 0.6 is 11.3 Å². The van der Waals surface area contributed by atoms with Gasteiger partial charge in [0.2, 0.25) is 0 Å². The smallest absolute Gasteiger partial charge is 0.394 e. The fourth-order valence-electron chi connectivity index (χ4n) is 7.36. The van der Waals surface area contributed by atoms with Gasteiger partial charge in [-0.15, -0.1) is 29.1 Å². The van der Waals surface area contributed by atoms with Crippen molar-refractivity contribution in [2.24, 2.45) is 17.3 Å². The minimum atomic E-state index is -4.24. The second-order valence-corrected chi connectivity index (χ2v) is 22.0. The Hall–Kier alpha value is -3.10. The molecule has 0 aliphatic heterocycles. The topological polar surface area (TPSA) is 50.2 Å². The molecule has 56 heavy (non-hydrogen) atoms. The van der Waals surface area contributed by atoms with Gasteiger partial charge in [0.1, 0.15) is 8.07 Å². The second kappa shape index (κ2) is 19.6. The Morgan fingerprint density at radius 1 is 0.911 bits per heavy atom. The number of hydrogen-bond donors (Lipinski definition) is 1. The molecule has 0 spiro atoms. The molecule has 9 heteroatoms. The summed E-state index contributed by atoms with van der Waals surface area (Å²) in [5.41, 5.74) is 3.48. The van der Waals surface area contributed by atoms with Crippen LogP contribution in [0.4, 0.5) is 13.2 Å². The van der Waals surface area contributed by atoms with Crippen LogP contribution in [0.15, 0.2) is 78.7 Å². The maximum atomic E-state index is 13.4. The van der Waals surface area contributed by atoms with Crippen molar-refractivity contribution in [1.29, 1.82) is 0 Å². The predicted octanol–water partition coefficient (Wildman–Crippen LogP) is 13.2. The first-order valence-corrected chi connectivity index (χ1v) is 23.6. The number of hydrogen-bond acceptors (Lipinski definition) is 4. The number of aromatic nitrogens is 1. The molecule has 1 N–H and O–H groups in total. The second-order valence-electron chi connectivity index (χ2n) is 16.3. The van der Waals surface area contributed by atoms with E-state index in [2.05, 4.69) is 76.3 Å². The number of ketones is 1. The van der Waals surface area contributed by atoms with Gasteiger partial charge in [-0.05, 0) is 72.0 Å². The molecule has 1 radical (unpaired) electrons. The van der Waals surface area contributed by atoms with Crippen LogP contribution in [-0.4, -0.2) is 30.1 Å². The molecule has 0 aliphatic carbocycles. The largest absolute Gasteiger partial charge is 0.512 e. The number of benzene rings is 3. The number of halogens is 3. The average Bonchev–Trinajstić information content (AvgIpc) is 3.49. The van der Waals surface area contributed by atoms with Gasteiger partial charge in [-0.3, -0.25) is 9.78 Å². The third kappa shape index (κ3) is 10.5. The molecule has 3 nitrogen and oxygen atoms in total. The van der Waals surface area contributed by atoms with Crippen LogP contribution in [-0.2, 0) is 31.3 Å². The summed E-state index contributed by atoms with van der Waals surface area (Å²) in [6, 6.07) is 24.2. The minimum absolute atomic E-state index is 0. The molecule has 0 amide bonds. The summed E-state index contributed by atoms with van der Waals surface area (Å²) in [4.78, 5) is 16.6. The third-order valence-corrected chi connectivity index (χ3v) is 17.5. The number of fused-ring (bicyclic) bond motifs is 2. The van der Waals surface area contributed by atoms with Gasteiger partial charge in [0, 0.05) is 54.6 Å². The molecule has 0 unspecified atom stereocenters. The summed E-state index contributed by atoms with van der Waals surface area (Å²) in [6.45, 7) is 21.9. The van der Waals surface area contributed by atoms with Crippen LogP contribution in [0, 0.1) is 30.2 Å². The summed E-state index contributed by atoms with van der Waals surface area (Å²) >= 11 is 1.81. The first-order chi connectivity index (χ1) is 25.8. The molecule has 0 saturated carbocycles. The van der Waals surface area contributed by atoms with Gasteiger partial charge < -0.3 is 5.11 Å². The zero-order valence-corrected chi connectivity index (χ0v) is 39.1. The molecule has 2 heterocycles. The van der Waals surface area contributed by atoms with E-state index in [-0.39, 0.29) is 49.9 Å². The van der Waals surface area contributed by atoms with Crippen LogP contribution in [0.1, 0.15) is 104 Å². The fraction of sp³-hybridized carbons (Fsp3) is 0.447. The Morgan fingerprint density at radius 3 is 2.05 bits per heavy atom.